The second kappa shape index (κ2) is 10.9. The highest BCUT2D eigenvalue weighted by Crippen LogP contribution is 2.40. The van der Waals surface area contributed by atoms with Crippen LogP contribution in [-0.4, -0.2) is 42.0 Å². The van der Waals surface area contributed by atoms with Crippen molar-refractivity contribution in [2.24, 2.45) is 5.16 Å². The van der Waals surface area contributed by atoms with E-state index in [9.17, 15) is 4.39 Å². The number of hydrogen-bond acceptors (Lipinski definition) is 8. The Bertz CT molecular complexity index is 1670. The van der Waals surface area contributed by atoms with Crippen LogP contribution in [0.1, 0.15) is 17.6 Å². The van der Waals surface area contributed by atoms with Crippen LogP contribution < -0.4 is 15.1 Å². The molecule has 0 aliphatic carbocycles. The summed E-state index contributed by atoms with van der Waals surface area (Å²) in [5, 5.41) is 7.93. The Labute approximate surface area is 236 Å². The van der Waals surface area contributed by atoms with Gasteiger partial charge in [0.05, 0.1) is 0 Å². The number of nitrogens with one attached hydrogen (secondary N) is 1. The third-order valence-electron chi connectivity index (χ3n) is 7.37. The predicted octanol–water partition coefficient (Wildman–Crippen LogP) is 5.85. The molecule has 5 aromatic rings. The topological polar surface area (TPSA) is 79.0 Å². The number of halogens is 1. The molecule has 204 valence electrons. The van der Waals surface area contributed by atoms with Crippen molar-refractivity contribution in [3.8, 4) is 22.5 Å². The Morgan fingerprint density at radius 2 is 1.46 bits per heavy atom. The summed E-state index contributed by atoms with van der Waals surface area (Å²) in [7, 11) is 0. The monoisotopic (exact) mass is 546 g/mol. The maximum atomic E-state index is 13.5. The molecule has 4 heterocycles. The van der Waals surface area contributed by atoms with Gasteiger partial charge in [0.1, 0.15) is 17.9 Å². The molecule has 3 aromatic carbocycles. The van der Waals surface area contributed by atoms with Crippen LogP contribution in [0.4, 0.5) is 15.8 Å². The van der Waals surface area contributed by atoms with Crippen LogP contribution in [0.15, 0.2) is 113 Å². The maximum Gasteiger partial charge on any atom is 0.232 e. The zero-order valence-corrected chi connectivity index (χ0v) is 22.2. The minimum Gasteiger partial charge on any atom is -0.453 e. The number of hydrogen-bond donors (Lipinski definition) is 1. The van der Waals surface area contributed by atoms with Crippen molar-refractivity contribution in [2.45, 2.75) is 6.23 Å². The van der Waals surface area contributed by atoms with Gasteiger partial charge in [0.2, 0.25) is 12.1 Å². The summed E-state index contributed by atoms with van der Waals surface area (Å²) >= 11 is 0. The van der Waals surface area contributed by atoms with Gasteiger partial charge in [-0.1, -0.05) is 29.4 Å². The highest BCUT2D eigenvalue weighted by atomic mass is 19.1. The molecule has 1 N–H and O–H groups in total. The number of piperazine rings is 1. The first-order valence-electron chi connectivity index (χ1n) is 13.5. The molecule has 0 radical (unpaired) electrons. The SMILES string of the molecule is Fc1ccc(-c2ccc(C3=NOC(c4ccccc4-c4cncnc4)N3c3ccc(N4CCNCC4)cc3)o2)cc1. The second-order valence-corrected chi connectivity index (χ2v) is 9.88. The summed E-state index contributed by atoms with van der Waals surface area (Å²) in [6.45, 7) is 3.87. The molecule has 41 heavy (non-hydrogen) atoms. The van der Waals surface area contributed by atoms with Crippen molar-refractivity contribution in [1.29, 1.82) is 0 Å². The molecule has 2 aliphatic rings. The molecule has 2 aromatic heterocycles. The molecule has 1 saturated heterocycles. The Morgan fingerprint density at radius 1 is 0.756 bits per heavy atom. The van der Waals surface area contributed by atoms with Gasteiger partial charge in [-0.05, 0) is 66.2 Å². The molecule has 7 rings (SSSR count). The number of rotatable bonds is 6. The molecule has 0 bridgehead atoms. The average molecular weight is 547 g/mol. The lowest BCUT2D eigenvalue weighted by Crippen LogP contribution is -2.43. The van der Waals surface area contributed by atoms with E-state index in [1.165, 1.54) is 24.1 Å². The lowest BCUT2D eigenvalue weighted by molar-refractivity contribution is 0.0872. The number of benzene rings is 3. The van der Waals surface area contributed by atoms with Crippen LogP contribution in [0.5, 0.6) is 0 Å². The smallest absolute Gasteiger partial charge is 0.232 e. The van der Waals surface area contributed by atoms with E-state index in [-0.39, 0.29) is 5.82 Å². The summed E-state index contributed by atoms with van der Waals surface area (Å²) < 4.78 is 19.8. The van der Waals surface area contributed by atoms with Gasteiger partial charge in [0.15, 0.2) is 5.76 Å². The summed E-state index contributed by atoms with van der Waals surface area (Å²) in [5.74, 6) is 1.40. The summed E-state index contributed by atoms with van der Waals surface area (Å²) in [4.78, 5) is 19.0. The number of anilines is 2. The summed E-state index contributed by atoms with van der Waals surface area (Å²) in [6, 6.07) is 26.4. The standard InChI is InChI=1S/C32H27FN6O2/c33-24-7-5-22(6-8-24)29-13-14-30(40-29)31-37-41-32(28-4-2-1-3-27(28)23-19-35-21-36-20-23)39(31)26-11-9-25(10-12-26)38-17-15-34-16-18-38/h1-14,19-21,32,34H,15-18H2. The molecular formula is C32H27FN6O2. The van der Waals surface area contributed by atoms with E-state index < -0.39 is 6.23 Å². The van der Waals surface area contributed by atoms with Gasteiger partial charge in [0.25, 0.3) is 0 Å². The molecule has 1 atom stereocenters. The van der Waals surface area contributed by atoms with Crippen LogP contribution in [0.3, 0.4) is 0 Å². The van der Waals surface area contributed by atoms with Gasteiger partial charge in [-0.25, -0.2) is 14.4 Å². The third kappa shape index (κ3) is 4.92. The zero-order chi connectivity index (χ0) is 27.6. The van der Waals surface area contributed by atoms with Crippen molar-refractivity contribution in [1.82, 2.24) is 15.3 Å². The fraction of sp³-hybridized carbons (Fsp3) is 0.156. The number of nitrogens with zero attached hydrogens (tertiary/aromatic N) is 5. The summed E-state index contributed by atoms with van der Waals surface area (Å²) in [6.07, 6.45) is 4.53. The first-order chi connectivity index (χ1) is 20.2. The van der Waals surface area contributed by atoms with Gasteiger partial charge >= 0.3 is 0 Å². The molecule has 0 spiro atoms. The molecule has 0 amide bonds. The van der Waals surface area contributed by atoms with Gasteiger partial charge in [-0.15, -0.1) is 0 Å². The van der Waals surface area contributed by atoms with Gasteiger partial charge in [0, 0.05) is 66.6 Å². The van der Waals surface area contributed by atoms with E-state index >= 15 is 0 Å². The zero-order valence-electron chi connectivity index (χ0n) is 22.2. The number of aromatic nitrogens is 2. The van der Waals surface area contributed by atoms with Crippen LogP contribution in [0, 0.1) is 5.82 Å². The molecule has 1 unspecified atom stereocenters. The average Bonchev–Trinajstić information content (AvgIpc) is 3.71. The van der Waals surface area contributed by atoms with E-state index in [2.05, 4.69) is 49.6 Å². The minimum atomic E-state index is -0.564. The second-order valence-electron chi connectivity index (χ2n) is 9.88. The molecule has 2 aliphatic heterocycles. The first kappa shape index (κ1) is 25.0. The Kier molecular flexibility index (Phi) is 6.62. The van der Waals surface area contributed by atoms with Crippen molar-refractivity contribution in [3.63, 3.8) is 0 Å². The van der Waals surface area contributed by atoms with Crippen LogP contribution in [0.2, 0.25) is 0 Å². The fourth-order valence-electron chi connectivity index (χ4n) is 5.31. The largest absolute Gasteiger partial charge is 0.453 e. The van der Waals surface area contributed by atoms with Gasteiger partial charge < -0.3 is 19.5 Å². The Hall–Kier alpha value is -5.02. The third-order valence-corrected chi connectivity index (χ3v) is 7.37. The lowest BCUT2D eigenvalue weighted by atomic mass is 10.00. The van der Waals surface area contributed by atoms with Gasteiger partial charge in [-0.2, -0.15) is 0 Å². The highest BCUT2D eigenvalue weighted by Gasteiger charge is 2.37. The van der Waals surface area contributed by atoms with Crippen LogP contribution >= 0.6 is 0 Å². The number of furan rings is 1. The van der Waals surface area contributed by atoms with Crippen molar-refractivity contribution < 1.29 is 13.6 Å². The van der Waals surface area contributed by atoms with E-state index in [0.717, 1.165) is 54.1 Å². The van der Waals surface area contributed by atoms with E-state index in [1.807, 2.05) is 41.3 Å². The van der Waals surface area contributed by atoms with E-state index in [0.29, 0.717) is 17.4 Å². The molecule has 8 nitrogen and oxygen atoms in total. The number of amidine groups is 1. The van der Waals surface area contributed by atoms with E-state index in [4.69, 9.17) is 9.25 Å². The van der Waals surface area contributed by atoms with Crippen LogP contribution in [0.25, 0.3) is 22.5 Å². The quantitative estimate of drug-likeness (QED) is 0.286. The van der Waals surface area contributed by atoms with E-state index in [1.54, 1.807) is 24.5 Å². The van der Waals surface area contributed by atoms with Crippen molar-refractivity contribution >= 4 is 17.2 Å². The first-order valence-corrected chi connectivity index (χ1v) is 13.5. The fourth-order valence-corrected chi connectivity index (χ4v) is 5.31. The molecule has 0 saturated carbocycles. The lowest BCUT2D eigenvalue weighted by Gasteiger charge is -2.30. The van der Waals surface area contributed by atoms with Crippen molar-refractivity contribution in [3.05, 3.63) is 121 Å². The molecule has 9 heteroatoms. The maximum absolute atomic E-state index is 13.5. The number of oxime groups is 1. The molecular weight excluding hydrogens is 519 g/mol. The normalized spacial score (nSPS) is 16.9. The van der Waals surface area contributed by atoms with Crippen LogP contribution in [-0.2, 0) is 4.84 Å². The Balaban J connectivity index is 1.28. The van der Waals surface area contributed by atoms with Gasteiger partial charge in [-0.3, -0.25) is 4.90 Å². The Morgan fingerprint density at radius 3 is 2.24 bits per heavy atom. The minimum absolute atomic E-state index is 0.296. The predicted molar refractivity (Wildman–Crippen MR) is 156 cm³/mol. The van der Waals surface area contributed by atoms with Crippen molar-refractivity contribution in [2.75, 3.05) is 36.0 Å². The summed E-state index contributed by atoms with van der Waals surface area (Å²) in [5.41, 5.74) is 5.59. The molecule has 1 fully saturated rings. The highest BCUT2D eigenvalue weighted by molar-refractivity contribution is 6.09.